The molecule has 0 aliphatic carbocycles. The molecule has 1 heterocycles. The summed E-state index contributed by atoms with van der Waals surface area (Å²) in [5, 5.41) is 2.68. The van der Waals surface area contributed by atoms with Crippen molar-refractivity contribution in [2.24, 2.45) is 11.7 Å². The fourth-order valence-corrected chi connectivity index (χ4v) is 1.87. The molecule has 3 N–H and O–H groups in total. The Morgan fingerprint density at radius 1 is 1.33 bits per heavy atom. The molecule has 18 heavy (non-hydrogen) atoms. The van der Waals surface area contributed by atoms with Gasteiger partial charge in [-0.3, -0.25) is 4.79 Å². The second-order valence-electron chi connectivity index (χ2n) is 4.99. The van der Waals surface area contributed by atoms with Gasteiger partial charge in [0.05, 0.1) is 12.6 Å². The van der Waals surface area contributed by atoms with Crippen LogP contribution in [0.25, 0.3) is 0 Å². The largest absolute Gasteiger partial charge is 0.467 e. The van der Waals surface area contributed by atoms with Gasteiger partial charge < -0.3 is 20.5 Å². The fourth-order valence-electron chi connectivity index (χ4n) is 1.87. The third kappa shape index (κ3) is 3.43. The molecule has 1 fully saturated rings. The predicted molar refractivity (Wildman–Crippen MR) is 65.8 cm³/mol. The van der Waals surface area contributed by atoms with Crippen molar-refractivity contribution in [2.45, 2.75) is 38.3 Å². The molecule has 1 unspecified atom stereocenters. The van der Waals surface area contributed by atoms with E-state index >= 15 is 0 Å². The Balaban J connectivity index is 2.68. The van der Waals surface area contributed by atoms with Gasteiger partial charge in [-0.2, -0.15) is 0 Å². The fraction of sp³-hybridized carbons (Fsp3) is 0.833. The van der Waals surface area contributed by atoms with E-state index in [2.05, 4.69) is 10.1 Å². The zero-order chi connectivity index (χ0) is 13.8. The normalized spacial score (nSPS) is 20.3. The summed E-state index contributed by atoms with van der Waals surface area (Å²) in [6.45, 7) is 4.62. The zero-order valence-electron chi connectivity index (χ0n) is 11.2. The van der Waals surface area contributed by atoms with Gasteiger partial charge in [0.2, 0.25) is 5.91 Å². The molecule has 0 spiro atoms. The van der Waals surface area contributed by atoms with E-state index in [4.69, 9.17) is 10.5 Å². The molecule has 0 aromatic heterocycles. The molecule has 104 valence electrons. The molecule has 1 saturated heterocycles. The number of nitrogens with two attached hydrogens (primary N) is 1. The van der Waals surface area contributed by atoms with Crippen molar-refractivity contribution < 1.29 is 19.1 Å². The van der Waals surface area contributed by atoms with Crippen LogP contribution in [0.2, 0.25) is 0 Å². The average Bonchev–Trinajstić information content (AvgIpc) is 2.35. The molecular weight excluding hydrogens is 236 g/mol. The van der Waals surface area contributed by atoms with Crippen LogP contribution in [0.1, 0.15) is 26.7 Å². The van der Waals surface area contributed by atoms with E-state index in [-0.39, 0.29) is 11.8 Å². The van der Waals surface area contributed by atoms with Crippen LogP contribution in [-0.4, -0.2) is 43.8 Å². The van der Waals surface area contributed by atoms with Crippen molar-refractivity contribution in [3.05, 3.63) is 0 Å². The molecule has 1 aliphatic rings. The summed E-state index contributed by atoms with van der Waals surface area (Å²) < 4.78 is 9.86. The highest BCUT2D eigenvalue weighted by Crippen LogP contribution is 2.18. The first kappa shape index (κ1) is 14.9. The highest BCUT2D eigenvalue weighted by atomic mass is 16.5. The predicted octanol–water partition coefficient (Wildman–Crippen LogP) is -0.192. The Kier molecular flexibility index (Phi) is 5.10. The lowest BCUT2D eigenvalue weighted by atomic mass is 9.89. The molecule has 0 aromatic rings. The maximum Gasteiger partial charge on any atom is 0.328 e. The van der Waals surface area contributed by atoms with Gasteiger partial charge >= 0.3 is 5.97 Å². The number of methoxy groups -OCH3 is 1. The smallest absolute Gasteiger partial charge is 0.328 e. The lowest BCUT2D eigenvalue weighted by Crippen LogP contribution is -2.60. The monoisotopic (exact) mass is 258 g/mol. The van der Waals surface area contributed by atoms with Crippen molar-refractivity contribution in [3.63, 3.8) is 0 Å². The maximum absolute atomic E-state index is 12.2. The second kappa shape index (κ2) is 6.15. The molecule has 0 radical (unpaired) electrons. The van der Waals surface area contributed by atoms with Crippen LogP contribution in [0.15, 0.2) is 0 Å². The summed E-state index contributed by atoms with van der Waals surface area (Å²) in [5.41, 5.74) is 5.10. The number of carbonyl (C=O) groups is 2. The maximum atomic E-state index is 12.2. The number of amides is 1. The first-order chi connectivity index (χ1) is 8.40. The van der Waals surface area contributed by atoms with E-state index in [1.54, 1.807) is 0 Å². The molecule has 1 aliphatic heterocycles. The van der Waals surface area contributed by atoms with Crippen molar-refractivity contribution in [3.8, 4) is 0 Å². The van der Waals surface area contributed by atoms with Gasteiger partial charge in [-0.1, -0.05) is 13.8 Å². The average molecular weight is 258 g/mol. The molecule has 0 bridgehead atoms. The number of carbonyl (C=O) groups excluding carboxylic acids is 2. The number of nitrogens with one attached hydrogen (secondary N) is 1. The number of hydrogen-bond acceptors (Lipinski definition) is 5. The molecular formula is C12H22N2O4. The number of rotatable bonds is 4. The molecule has 0 aromatic carbocycles. The Hall–Kier alpha value is -1.14. The van der Waals surface area contributed by atoms with Gasteiger partial charge in [0, 0.05) is 13.2 Å². The third-order valence-corrected chi connectivity index (χ3v) is 3.25. The van der Waals surface area contributed by atoms with Crippen molar-refractivity contribution in [1.82, 2.24) is 5.32 Å². The molecule has 0 saturated carbocycles. The van der Waals surface area contributed by atoms with E-state index in [0.717, 1.165) is 0 Å². The summed E-state index contributed by atoms with van der Waals surface area (Å²) in [7, 11) is 1.30. The summed E-state index contributed by atoms with van der Waals surface area (Å²) in [4.78, 5) is 23.7. The lowest BCUT2D eigenvalue weighted by molar-refractivity contribution is -0.147. The van der Waals surface area contributed by atoms with E-state index < -0.39 is 17.6 Å². The first-order valence-electron chi connectivity index (χ1n) is 6.16. The lowest BCUT2D eigenvalue weighted by Gasteiger charge is -2.33. The van der Waals surface area contributed by atoms with Crippen LogP contribution in [0.5, 0.6) is 0 Å². The van der Waals surface area contributed by atoms with Gasteiger partial charge in [-0.05, 0) is 18.8 Å². The van der Waals surface area contributed by atoms with E-state index in [1.165, 1.54) is 7.11 Å². The number of esters is 1. The minimum atomic E-state index is -0.945. The van der Waals surface area contributed by atoms with Crippen LogP contribution in [0.3, 0.4) is 0 Å². The van der Waals surface area contributed by atoms with Gasteiger partial charge in [-0.25, -0.2) is 4.79 Å². The minimum Gasteiger partial charge on any atom is -0.467 e. The van der Waals surface area contributed by atoms with Crippen LogP contribution in [0.4, 0.5) is 0 Å². The van der Waals surface area contributed by atoms with Gasteiger partial charge in [0.25, 0.3) is 0 Å². The Morgan fingerprint density at radius 2 is 1.89 bits per heavy atom. The van der Waals surface area contributed by atoms with E-state index in [0.29, 0.717) is 26.1 Å². The van der Waals surface area contributed by atoms with Crippen molar-refractivity contribution in [1.29, 1.82) is 0 Å². The Labute approximate surface area is 107 Å². The summed E-state index contributed by atoms with van der Waals surface area (Å²) >= 11 is 0. The molecule has 6 heteroatoms. The van der Waals surface area contributed by atoms with Gasteiger partial charge in [-0.15, -0.1) is 0 Å². The molecule has 1 rings (SSSR count). The Morgan fingerprint density at radius 3 is 2.33 bits per heavy atom. The topological polar surface area (TPSA) is 90.7 Å². The van der Waals surface area contributed by atoms with Crippen LogP contribution in [0, 0.1) is 5.92 Å². The third-order valence-electron chi connectivity index (χ3n) is 3.25. The number of hydrogen-bond donors (Lipinski definition) is 2. The van der Waals surface area contributed by atoms with Gasteiger partial charge in [0.15, 0.2) is 0 Å². The first-order valence-corrected chi connectivity index (χ1v) is 6.16. The highest BCUT2D eigenvalue weighted by Gasteiger charge is 2.38. The molecule has 1 atom stereocenters. The second-order valence-corrected chi connectivity index (χ2v) is 4.99. The SMILES string of the molecule is COC(=O)C(NC(=O)C1(N)CCOCC1)C(C)C. The Bertz CT molecular complexity index is 311. The van der Waals surface area contributed by atoms with Crippen molar-refractivity contribution in [2.75, 3.05) is 20.3 Å². The highest BCUT2D eigenvalue weighted by molar-refractivity contribution is 5.90. The minimum absolute atomic E-state index is 0.0511. The quantitative estimate of drug-likeness (QED) is 0.682. The summed E-state index contributed by atoms with van der Waals surface area (Å²) in [5.74, 6) is -0.811. The van der Waals surface area contributed by atoms with Gasteiger partial charge in [0.1, 0.15) is 6.04 Å². The summed E-state index contributed by atoms with van der Waals surface area (Å²) in [6, 6.07) is -0.661. The van der Waals surface area contributed by atoms with E-state index in [9.17, 15) is 9.59 Å². The standard InChI is InChI=1S/C12H22N2O4/c1-8(2)9(10(15)17-3)14-11(16)12(13)4-6-18-7-5-12/h8-9H,4-7,13H2,1-3H3,(H,14,16). The molecule has 6 nitrogen and oxygen atoms in total. The number of ether oxygens (including phenoxy) is 2. The summed E-state index contributed by atoms with van der Waals surface area (Å²) in [6.07, 6.45) is 0.926. The van der Waals surface area contributed by atoms with Crippen LogP contribution < -0.4 is 11.1 Å². The van der Waals surface area contributed by atoms with Crippen LogP contribution in [-0.2, 0) is 19.1 Å². The zero-order valence-corrected chi connectivity index (χ0v) is 11.2. The van der Waals surface area contributed by atoms with Crippen molar-refractivity contribution >= 4 is 11.9 Å². The van der Waals surface area contributed by atoms with E-state index in [1.807, 2.05) is 13.8 Å². The molecule has 1 amide bonds. The van der Waals surface area contributed by atoms with Crippen LogP contribution >= 0.6 is 0 Å².